The maximum atomic E-state index is 5.88. The van der Waals surface area contributed by atoms with Gasteiger partial charge in [0.05, 0.1) is 26.0 Å². The van der Waals surface area contributed by atoms with Crippen LogP contribution in [0, 0.1) is 5.41 Å². The third-order valence-corrected chi connectivity index (χ3v) is 3.83. The molecule has 2 aromatic rings. The number of rotatable bonds is 9. The first-order valence-electron chi connectivity index (χ1n) is 7.79. The van der Waals surface area contributed by atoms with E-state index in [-0.39, 0.29) is 5.41 Å². The molecule has 0 saturated heterocycles. The molecule has 0 spiro atoms. The van der Waals surface area contributed by atoms with Gasteiger partial charge in [-0.3, -0.25) is 0 Å². The highest BCUT2D eigenvalue weighted by molar-refractivity contribution is 5.56. The Bertz CT molecular complexity index is 612. The SMILES string of the molecule is C=CC(C)(CNc1ccccc1OC)COCc1ccccc1. The number of methoxy groups -OCH3 is 1. The topological polar surface area (TPSA) is 30.5 Å². The molecule has 0 bridgehead atoms. The van der Waals surface area contributed by atoms with Gasteiger partial charge in [0.1, 0.15) is 5.75 Å². The Morgan fingerprint density at radius 3 is 2.48 bits per heavy atom. The van der Waals surface area contributed by atoms with Crippen molar-refractivity contribution in [3.63, 3.8) is 0 Å². The zero-order valence-electron chi connectivity index (χ0n) is 13.9. The van der Waals surface area contributed by atoms with Crippen LogP contribution in [0.4, 0.5) is 5.69 Å². The molecule has 3 heteroatoms. The lowest BCUT2D eigenvalue weighted by atomic mass is 9.92. The summed E-state index contributed by atoms with van der Waals surface area (Å²) in [5.41, 5.74) is 2.00. The first-order chi connectivity index (χ1) is 11.2. The molecule has 0 fully saturated rings. The molecule has 0 aliphatic heterocycles. The van der Waals surface area contributed by atoms with Gasteiger partial charge >= 0.3 is 0 Å². The average Bonchev–Trinajstić information content (AvgIpc) is 2.61. The smallest absolute Gasteiger partial charge is 0.141 e. The van der Waals surface area contributed by atoms with Gasteiger partial charge < -0.3 is 14.8 Å². The molecule has 0 amide bonds. The fourth-order valence-electron chi connectivity index (χ4n) is 2.25. The summed E-state index contributed by atoms with van der Waals surface area (Å²) in [7, 11) is 1.68. The van der Waals surface area contributed by atoms with E-state index in [4.69, 9.17) is 9.47 Å². The molecule has 2 aromatic carbocycles. The predicted molar refractivity (Wildman–Crippen MR) is 95.9 cm³/mol. The minimum absolute atomic E-state index is 0.157. The van der Waals surface area contributed by atoms with Crippen molar-refractivity contribution < 1.29 is 9.47 Å². The molecule has 1 unspecified atom stereocenters. The second-order valence-electron chi connectivity index (χ2n) is 5.89. The highest BCUT2D eigenvalue weighted by atomic mass is 16.5. The largest absolute Gasteiger partial charge is 0.495 e. The van der Waals surface area contributed by atoms with Crippen LogP contribution in [-0.4, -0.2) is 20.3 Å². The van der Waals surface area contributed by atoms with Gasteiger partial charge in [0, 0.05) is 12.0 Å². The van der Waals surface area contributed by atoms with Crippen molar-refractivity contribution in [3.05, 3.63) is 72.8 Å². The molecule has 0 aliphatic rings. The van der Waals surface area contributed by atoms with Crippen LogP contribution in [0.5, 0.6) is 5.75 Å². The van der Waals surface area contributed by atoms with Gasteiger partial charge in [-0.25, -0.2) is 0 Å². The molecule has 0 saturated carbocycles. The van der Waals surface area contributed by atoms with Gasteiger partial charge in [-0.15, -0.1) is 6.58 Å². The van der Waals surface area contributed by atoms with Crippen LogP contribution in [0.15, 0.2) is 67.3 Å². The maximum absolute atomic E-state index is 5.88. The molecule has 1 N–H and O–H groups in total. The Morgan fingerprint density at radius 1 is 1.09 bits per heavy atom. The van der Waals surface area contributed by atoms with E-state index in [0.29, 0.717) is 13.2 Å². The normalized spacial score (nSPS) is 13.1. The summed E-state index contributed by atoms with van der Waals surface area (Å²) in [5.74, 6) is 0.837. The summed E-state index contributed by atoms with van der Waals surface area (Å²) in [6.45, 7) is 8.04. The Kier molecular flexibility index (Phi) is 6.24. The summed E-state index contributed by atoms with van der Waals surface area (Å²) in [6.07, 6.45) is 1.94. The summed E-state index contributed by atoms with van der Waals surface area (Å²) in [4.78, 5) is 0. The lowest BCUT2D eigenvalue weighted by Crippen LogP contribution is -2.29. The predicted octanol–water partition coefficient (Wildman–Crippen LogP) is 4.52. The summed E-state index contributed by atoms with van der Waals surface area (Å²) >= 11 is 0. The molecule has 122 valence electrons. The van der Waals surface area contributed by atoms with E-state index in [9.17, 15) is 0 Å². The number of hydrogen-bond acceptors (Lipinski definition) is 3. The first-order valence-corrected chi connectivity index (χ1v) is 7.79. The number of nitrogens with one attached hydrogen (secondary N) is 1. The zero-order chi connectivity index (χ0) is 16.5. The maximum Gasteiger partial charge on any atom is 0.141 e. The molecule has 0 aromatic heterocycles. The van der Waals surface area contributed by atoms with E-state index >= 15 is 0 Å². The average molecular weight is 311 g/mol. The lowest BCUT2D eigenvalue weighted by molar-refractivity contribution is 0.0695. The van der Waals surface area contributed by atoms with Gasteiger partial charge in [0.25, 0.3) is 0 Å². The molecule has 0 aliphatic carbocycles. The lowest BCUT2D eigenvalue weighted by Gasteiger charge is -2.27. The van der Waals surface area contributed by atoms with Gasteiger partial charge in [0.2, 0.25) is 0 Å². The number of para-hydroxylation sites is 2. The van der Waals surface area contributed by atoms with E-state index in [1.165, 1.54) is 5.56 Å². The molecule has 0 radical (unpaired) electrons. The Morgan fingerprint density at radius 2 is 1.78 bits per heavy atom. The second-order valence-corrected chi connectivity index (χ2v) is 5.89. The monoisotopic (exact) mass is 311 g/mol. The molecule has 1 atom stereocenters. The van der Waals surface area contributed by atoms with E-state index in [0.717, 1.165) is 18.0 Å². The van der Waals surface area contributed by atoms with Crippen LogP contribution < -0.4 is 10.1 Å². The van der Waals surface area contributed by atoms with E-state index in [2.05, 4.69) is 31.0 Å². The minimum Gasteiger partial charge on any atom is -0.495 e. The Labute approximate surface area is 138 Å². The van der Waals surface area contributed by atoms with Crippen LogP contribution in [0.3, 0.4) is 0 Å². The second kappa shape index (κ2) is 8.39. The van der Waals surface area contributed by atoms with Gasteiger partial charge in [-0.05, 0) is 17.7 Å². The zero-order valence-corrected chi connectivity index (χ0v) is 13.9. The molecular weight excluding hydrogens is 286 g/mol. The fourth-order valence-corrected chi connectivity index (χ4v) is 2.25. The van der Waals surface area contributed by atoms with Gasteiger partial charge in [-0.2, -0.15) is 0 Å². The molecule has 2 rings (SSSR count). The standard InChI is InChI=1S/C20H25NO2/c1-4-20(2,16-23-14-17-10-6-5-7-11-17)15-21-18-12-8-9-13-19(18)22-3/h4-13,21H,1,14-16H2,2-3H3. The molecule has 3 nitrogen and oxygen atoms in total. The van der Waals surface area contributed by atoms with Crippen molar-refractivity contribution in [1.82, 2.24) is 0 Å². The van der Waals surface area contributed by atoms with Crippen molar-refractivity contribution in [1.29, 1.82) is 0 Å². The summed E-state index contributed by atoms with van der Waals surface area (Å²) < 4.78 is 11.2. The fraction of sp³-hybridized carbons (Fsp3) is 0.300. The summed E-state index contributed by atoms with van der Waals surface area (Å²) in [5, 5.41) is 3.43. The van der Waals surface area contributed by atoms with Crippen LogP contribution >= 0.6 is 0 Å². The van der Waals surface area contributed by atoms with E-state index < -0.39 is 0 Å². The third-order valence-electron chi connectivity index (χ3n) is 3.83. The number of benzene rings is 2. The van der Waals surface area contributed by atoms with Crippen LogP contribution in [0.1, 0.15) is 12.5 Å². The molecular formula is C20H25NO2. The summed E-state index contributed by atoms with van der Waals surface area (Å²) in [6, 6.07) is 18.1. The number of anilines is 1. The van der Waals surface area contributed by atoms with E-state index in [1.807, 2.05) is 48.5 Å². The third kappa shape index (κ3) is 5.15. The van der Waals surface area contributed by atoms with Gasteiger partial charge in [-0.1, -0.05) is 55.5 Å². The number of hydrogen-bond donors (Lipinski definition) is 1. The quantitative estimate of drug-likeness (QED) is 0.691. The Balaban J connectivity index is 1.88. The molecule has 0 heterocycles. The Hall–Kier alpha value is -2.26. The van der Waals surface area contributed by atoms with Crippen molar-refractivity contribution in [3.8, 4) is 5.75 Å². The van der Waals surface area contributed by atoms with E-state index in [1.54, 1.807) is 7.11 Å². The van der Waals surface area contributed by atoms with Crippen LogP contribution in [0.25, 0.3) is 0 Å². The number of ether oxygens (including phenoxy) is 2. The van der Waals surface area contributed by atoms with Crippen molar-refractivity contribution in [2.24, 2.45) is 5.41 Å². The van der Waals surface area contributed by atoms with Gasteiger partial charge in [0.15, 0.2) is 0 Å². The molecule has 23 heavy (non-hydrogen) atoms. The minimum atomic E-state index is -0.157. The first kappa shape index (κ1) is 17.1. The van der Waals surface area contributed by atoms with Crippen molar-refractivity contribution >= 4 is 5.69 Å². The highest BCUT2D eigenvalue weighted by Gasteiger charge is 2.21. The van der Waals surface area contributed by atoms with Crippen molar-refractivity contribution in [2.45, 2.75) is 13.5 Å². The van der Waals surface area contributed by atoms with Crippen LogP contribution in [0.2, 0.25) is 0 Å². The van der Waals surface area contributed by atoms with Crippen molar-refractivity contribution in [2.75, 3.05) is 25.6 Å². The van der Waals surface area contributed by atoms with Crippen LogP contribution in [-0.2, 0) is 11.3 Å². The highest BCUT2D eigenvalue weighted by Crippen LogP contribution is 2.26.